The third-order valence-electron chi connectivity index (χ3n) is 0.984. The van der Waals surface area contributed by atoms with Gasteiger partial charge >= 0.3 is 0 Å². The number of hydrogen-bond acceptors (Lipinski definition) is 1. The van der Waals surface area contributed by atoms with Crippen molar-refractivity contribution in [2.24, 2.45) is 0 Å². The first-order chi connectivity index (χ1) is 4.43. The largest absolute Gasteiger partial charge is 0.0719 e. The Labute approximate surface area is 64.5 Å². The first-order valence-electron chi connectivity index (χ1n) is 2.60. The first kappa shape index (κ1) is 7.03. The molecule has 0 bridgehead atoms. The van der Waals surface area contributed by atoms with E-state index in [4.69, 9.17) is 11.7 Å². The molecule has 0 fully saturated rings. The van der Waals surface area contributed by atoms with E-state index in [1.807, 2.05) is 36.1 Å². The minimum Gasteiger partial charge on any atom is -0.0719 e. The molecule has 1 aromatic rings. The zero-order valence-corrected chi connectivity index (χ0v) is 6.41. The summed E-state index contributed by atoms with van der Waals surface area (Å²) in [6.07, 6.45) is 0. The van der Waals surface area contributed by atoms with Gasteiger partial charge in [-0.1, -0.05) is 41.1 Å². The molecule has 2 heteroatoms. The van der Waals surface area contributed by atoms with E-state index in [2.05, 4.69) is 0 Å². The van der Waals surface area contributed by atoms with Crippen molar-refractivity contribution in [1.29, 1.82) is 0 Å². The van der Waals surface area contributed by atoms with Gasteiger partial charge < -0.3 is 0 Å². The quantitative estimate of drug-likeness (QED) is 0.590. The van der Waals surface area contributed by atoms with Gasteiger partial charge in [0.15, 0.2) is 0 Å². The second-order valence-electron chi connectivity index (χ2n) is 1.62. The van der Waals surface area contributed by atoms with Crippen LogP contribution in [-0.4, -0.2) is 0 Å². The molecule has 0 atom stereocenters. The van der Waals surface area contributed by atoms with Crippen molar-refractivity contribution in [2.45, 2.75) is 0 Å². The van der Waals surface area contributed by atoms with Crippen molar-refractivity contribution in [1.82, 2.24) is 0 Å². The van der Waals surface area contributed by atoms with Crippen LogP contribution >= 0.6 is 22.5 Å². The molecular weight excluding hydrogens is 148 g/mol. The molecule has 0 unspecified atom stereocenters. The minimum atomic E-state index is 1.18. The Kier molecular flexibility index (Phi) is 3.01. The fourth-order valence-corrected chi connectivity index (χ4v) is 1.19. The monoisotopic (exact) mass is 154 g/mol. The average Bonchev–Trinajstić information content (AvgIpc) is 1.91. The predicted molar refractivity (Wildman–Crippen MR) is 45.0 cm³/mol. The van der Waals surface area contributed by atoms with Crippen LogP contribution in [0.2, 0.25) is 0 Å². The highest BCUT2D eigenvalue weighted by Crippen LogP contribution is 2.16. The molecule has 9 heavy (non-hydrogen) atoms. The third-order valence-corrected chi connectivity index (χ3v) is 1.64. The molecule has 0 nitrogen and oxygen atoms in total. The van der Waals surface area contributed by atoms with Crippen molar-refractivity contribution in [3.63, 3.8) is 0 Å². The van der Waals surface area contributed by atoms with Crippen LogP contribution in [0.4, 0.5) is 0 Å². The number of rotatable bonds is 2. The van der Waals surface area contributed by atoms with Gasteiger partial charge in [0.1, 0.15) is 0 Å². The molecule has 0 spiro atoms. The second kappa shape index (κ2) is 3.85. The van der Waals surface area contributed by atoms with Crippen LogP contribution in [0.25, 0.3) is 0 Å². The fourth-order valence-electron chi connectivity index (χ4n) is 0.587. The lowest BCUT2D eigenvalue weighted by Gasteiger charge is -1.91. The van der Waals surface area contributed by atoms with Gasteiger partial charge in [0, 0.05) is 0 Å². The molecule has 0 N–H and O–H groups in total. The Hall–Kier alpha value is -0.0800. The lowest BCUT2D eigenvalue weighted by Crippen LogP contribution is -1.70. The van der Waals surface area contributed by atoms with E-state index in [-0.39, 0.29) is 0 Å². The van der Waals surface area contributed by atoms with E-state index < -0.39 is 0 Å². The van der Waals surface area contributed by atoms with Gasteiger partial charge in [0.25, 0.3) is 0 Å². The predicted octanol–water partition coefficient (Wildman–Crippen LogP) is 3.04. The molecule has 1 rings (SSSR count). The summed E-state index contributed by atoms with van der Waals surface area (Å²) in [6, 6.07) is 10.0. The molecule has 2 radical (unpaired) electrons. The molecule has 0 amide bonds. The van der Waals surface area contributed by atoms with Gasteiger partial charge in [0.05, 0.1) is 5.75 Å². The molecule has 0 aliphatic rings. The van der Waals surface area contributed by atoms with E-state index in [9.17, 15) is 0 Å². The Morgan fingerprint density at radius 2 is 1.89 bits per heavy atom. The molecule has 0 aliphatic heterocycles. The smallest absolute Gasteiger partial charge is 0.0577 e. The Morgan fingerprint density at radius 3 is 2.44 bits per heavy atom. The van der Waals surface area contributed by atoms with Crippen molar-refractivity contribution < 1.29 is 0 Å². The SMILES string of the molecule is [S]S[CH]c1ccccc1. The summed E-state index contributed by atoms with van der Waals surface area (Å²) >= 11 is 4.70. The molecule has 0 saturated heterocycles. The highest BCUT2D eigenvalue weighted by Gasteiger charge is 1.86. The molecular formula is C7H6S2. The van der Waals surface area contributed by atoms with Crippen LogP contribution in [0.1, 0.15) is 5.56 Å². The van der Waals surface area contributed by atoms with E-state index in [0.717, 1.165) is 0 Å². The van der Waals surface area contributed by atoms with Crippen molar-refractivity contribution in [3.8, 4) is 0 Å². The highest BCUT2D eigenvalue weighted by molar-refractivity contribution is 8.69. The summed E-state index contributed by atoms with van der Waals surface area (Å²) in [5, 5.41) is 0. The van der Waals surface area contributed by atoms with Crippen LogP contribution in [0.15, 0.2) is 30.3 Å². The number of benzene rings is 1. The van der Waals surface area contributed by atoms with Crippen molar-refractivity contribution in [3.05, 3.63) is 41.6 Å². The zero-order chi connectivity index (χ0) is 6.53. The standard InChI is InChI=1S/C7H6S2/c8-9-6-7-4-2-1-3-5-7/h1-6H. The lowest BCUT2D eigenvalue weighted by molar-refractivity contribution is 1.60. The van der Waals surface area contributed by atoms with Crippen molar-refractivity contribution in [2.75, 3.05) is 0 Å². The summed E-state index contributed by atoms with van der Waals surface area (Å²) in [7, 11) is 1.31. The van der Waals surface area contributed by atoms with Gasteiger partial charge in [-0.05, 0) is 17.2 Å². The lowest BCUT2D eigenvalue weighted by atomic mass is 10.2. The van der Waals surface area contributed by atoms with Crippen LogP contribution in [0, 0.1) is 5.75 Å². The van der Waals surface area contributed by atoms with Gasteiger partial charge in [-0.25, -0.2) is 0 Å². The van der Waals surface area contributed by atoms with Crippen LogP contribution in [-0.2, 0) is 0 Å². The maximum atomic E-state index is 4.70. The maximum Gasteiger partial charge on any atom is 0.0577 e. The molecule has 0 saturated carbocycles. The summed E-state index contributed by atoms with van der Waals surface area (Å²) in [5.74, 6) is 1.94. The second-order valence-corrected chi connectivity index (χ2v) is 2.63. The highest BCUT2D eigenvalue weighted by atomic mass is 33.1. The average molecular weight is 154 g/mol. The zero-order valence-electron chi connectivity index (χ0n) is 4.78. The molecule has 46 valence electrons. The molecule has 0 aromatic heterocycles. The van der Waals surface area contributed by atoms with Gasteiger partial charge in [-0.15, -0.1) is 0 Å². The van der Waals surface area contributed by atoms with E-state index in [0.29, 0.717) is 0 Å². The van der Waals surface area contributed by atoms with Crippen LogP contribution in [0.5, 0.6) is 0 Å². The van der Waals surface area contributed by atoms with Crippen LogP contribution < -0.4 is 0 Å². The summed E-state index contributed by atoms with van der Waals surface area (Å²) in [4.78, 5) is 0. The fraction of sp³-hybridized carbons (Fsp3) is 0. The normalized spacial score (nSPS) is 9.44. The Morgan fingerprint density at radius 1 is 1.22 bits per heavy atom. The Balaban J connectivity index is 2.61. The van der Waals surface area contributed by atoms with Crippen LogP contribution in [0.3, 0.4) is 0 Å². The first-order valence-corrected chi connectivity index (χ1v) is 4.41. The molecule has 1 aromatic carbocycles. The summed E-state index contributed by atoms with van der Waals surface area (Å²) < 4.78 is 0. The molecule has 0 heterocycles. The third kappa shape index (κ3) is 2.33. The van der Waals surface area contributed by atoms with E-state index >= 15 is 0 Å². The maximum absolute atomic E-state index is 4.70. The van der Waals surface area contributed by atoms with Gasteiger partial charge in [-0.2, -0.15) is 0 Å². The Bertz CT molecular complexity index is 160. The van der Waals surface area contributed by atoms with Crippen molar-refractivity contribution >= 4 is 22.5 Å². The van der Waals surface area contributed by atoms with Gasteiger partial charge in [-0.3, -0.25) is 0 Å². The van der Waals surface area contributed by atoms with E-state index in [1.165, 1.54) is 16.4 Å². The minimum absolute atomic E-state index is 1.18. The topological polar surface area (TPSA) is 0 Å². The van der Waals surface area contributed by atoms with E-state index in [1.54, 1.807) is 0 Å². The number of hydrogen-bond donors (Lipinski definition) is 0. The summed E-state index contributed by atoms with van der Waals surface area (Å²) in [6.45, 7) is 0. The van der Waals surface area contributed by atoms with Gasteiger partial charge in [0.2, 0.25) is 0 Å². The molecule has 0 aliphatic carbocycles. The summed E-state index contributed by atoms with van der Waals surface area (Å²) in [5.41, 5.74) is 1.18.